The second-order valence-electron chi connectivity index (χ2n) is 0.305. The van der Waals surface area contributed by atoms with Crippen LogP contribution in [0, 0.1) is 10.1 Å². The summed E-state index contributed by atoms with van der Waals surface area (Å²) in [7, 11) is 0. The molecular formula is H3CuNO5. The predicted octanol–water partition coefficient (Wildman–Crippen LogP) is -1.16. The van der Waals surface area contributed by atoms with Crippen molar-refractivity contribution in [3.63, 3.8) is 0 Å². The monoisotopic (exact) mass is 160 g/mol. The van der Waals surface area contributed by atoms with E-state index >= 15 is 0 Å². The molecule has 0 amide bonds. The standard InChI is InChI=1S/Cu.HNO4.H2O/c;2-1(3)5-4;/h;4H;1H2. The first kappa shape index (κ1) is 15.9. The van der Waals surface area contributed by atoms with E-state index in [1.807, 2.05) is 0 Å². The molecule has 0 spiro atoms. The van der Waals surface area contributed by atoms with Crippen LogP contribution >= 0.6 is 0 Å². The first-order valence-electron chi connectivity index (χ1n) is 0.730. The summed E-state index contributed by atoms with van der Waals surface area (Å²) in [6.45, 7) is 0. The van der Waals surface area contributed by atoms with E-state index in [2.05, 4.69) is 4.99 Å². The van der Waals surface area contributed by atoms with Gasteiger partial charge < -0.3 is 5.48 Å². The third-order valence-corrected chi connectivity index (χ3v) is 0.0667. The first-order chi connectivity index (χ1) is 2.27. The minimum absolute atomic E-state index is 0. The van der Waals surface area contributed by atoms with E-state index in [1.54, 1.807) is 0 Å². The van der Waals surface area contributed by atoms with Crippen molar-refractivity contribution in [1.29, 1.82) is 0 Å². The average Bonchev–Trinajstić information content (AvgIpc) is 1.38. The molecule has 0 unspecified atom stereocenters. The maximum atomic E-state index is 8.70. The van der Waals surface area contributed by atoms with Crippen LogP contribution in [-0.2, 0) is 22.1 Å². The Morgan fingerprint density at radius 3 is 1.86 bits per heavy atom. The summed E-state index contributed by atoms with van der Waals surface area (Å²) in [6, 6.07) is 0. The molecule has 0 aromatic rings. The number of rotatable bonds is 1. The van der Waals surface area contributed by atoms with Gasteiger partial charge in [0.05, 0.1) is 0 Å². The summed E-state index contributed by atoms with van der Waals surface area (Å²) in [4.78, 5) is 11.2. The Morgan fingerprint density at radius 2 is 1.86 bits per heavy atom. The Labute approximate surface area is 48.9 Å². The molecule has 0 aliphatic rings. The van der Waals surface area contributed by atoms with Crippen LogP contribution in [0.3, 0.4) is 0 Å². The normalized spacial score (nSPS) is 4.71. The maximum Gasteiger partial charge on any atom is 0.322 e. The molecule has 3 N–H and O–H groups in total. The zero-order chi connectivity index (χ0) is 4.28. The Balaban J connectivity index is -0.0000000800. The van der Waals surface area contributed by atoms with Crippen molar-refractivity contribution >= 4 is 0 Å². The molecule has 0 aliphatic heterocycles. The summed E-state index contributed by atoms with van der Waals surface area (Å²) >= 11 is 0. The van der Waals surface area contributed by atoms with Gasteiger partial charge in [-0.3, -0.25) is 0 Å². The number of nitrogens with zero attached hydrogens (tertiary/aromatic N) is 1. The molecular weight excluding hydrogens is 158 g/mol. The van der Waals surface area contributed by atoms with Gasteiger partial charge in [0.15, 0.2) is 0 Å². The van der Waals surface area contributed by atoms with Gasteiger partial charge in [-0.1, -0.05) is 0 Å². The van der Waals surface area contributed by atoms with Gasteiger partial charge >= 0.3 is 5.09 Å². The molecule has 0 aromatic heterocycles. The largest absolute Gasteiger partial charge is 0.412 e. The Bertz CT molecular complexity index is 43.3. The quantitative estimate of drug-likeness (QED) is 0.226. The Hall–Kier alpha value is -0.361. The van der Waals surface area contributed by atoms with Crippen LogP contribution in [0.1, 0.15) is 0 Å². The van der Waals surface area contributed by atoms with Crippen LogP contribution in [0.15, 0.2) is 0 Å². The molecule has 0 aromatic carbocycles. The average molecular weight is 161 g/mol. The SMILES string of the molecule is O.O=[N+]([O-])OO.[Cu]. The molecule has 1 radical (unpaired) electrons. The Morgan fingerprint density at radius 1 is 1.71 bits per heavy atom. The number of hydrogen-bond donors (Lipinski definition) is 1. The molecule has 0 saturated heterocycles. The molecule has 0 rings (SSSR count). The molecule has 0 heterocycles. The second kappa shape index (κ2) is 9.16. The summed E-state index contributed by atoms with van der Waals surface area (Å²) in [5.41, 5.74) is 0. The van der Waals surface area contributed by atoms with Gasteiger partial charge in [0, 0.05) is 17.1 Å². The zero-order valence-corrected chi connectivity index (χ0v) is 3.86. The van der Waals surface area contributed by atoms with E-state index in [1.165, 1.54) is 0 Å². The van der Waals surface area contributed by atoms with Gasteiger partial charge in [-0.05, 0) is 0 Å². The molecule has 7 heteroatoms. The van der Waals surface area contributed by atoms with Crippen LogP contribution < -0.4 is 0 Å². The summed E-state index contributed by atoms with van der Waals surface area (Å²) < 4.78 is 0. The van der Waals surface area contributed by atoms with Crippen molar-refractivity contribution < 1.29 is 37.9 Å². The first-order valence-corrected chi connectivity index (χ1v) is 0.730. The smallest absolute Gasteiger partial charge is 0.322 e. The van der Waals surface area contributed by atoms with E-state index in [0.29, 0.717) is 0 Å². The van der Waals surface area contributed by atoms with Crippen LogP contribution in [0.4, 0.5) is 0 Å². The van der Waals surface area contributed by atoms with Crippen molar-refractivity contribution in [2.45, 2.75) is 0 Å². The predicted molar refractivity (Wildman–Crippen MR) is 14.3 cm³/mol. The molecule has 0 bridgehead atoms. The fraction of sp³-hybridized carbons (Fsp3) is 0. The second-order valence-corrected chi connectivity index (χ2v) is 0.305. The van der Waals surface area contributed by atoms with Crippen molar-refractivity contribution in [3.05, 3.63) is 10.1 Å². The summed E-state index contributed by atoms with van der Waals surface area (Å²) in [5, 5.41) is 14.3. The minimum Gasteiger partial charge on any atom is -0.412 e. The van der Waals surface area contributed by atoms with Gasteiger partial charge in [0.2, 0.25) is 0 Å². The van der Waals surface area contributed by atoms with E-state index in [-0.39, 0.29) is 22.5 Å². The molecule has 0 atom stereocenters. The van der Waals surface area contributed by atoms with Gasteiger partial charge in [0.1, 0.15) is 0 Å². The number of hydrogen-bond acceptors (Lipinski definition) is 4. The van der Waals surface area contributed by atoms with Crippen molar-refractivity contribution in [3.8, 4) is 0 Å². The van der Waals surface area contributed by atoms with E-state index in [0.717, 1.165) is 0 Å². The van der Waals surface area contributed by atoms with Crippen LogP contribution in [0.5, 0.6) is 0 Å². The third kappa shape index (κ3) is 27.8. The van der Waals surface area contributed by atoms with Gasteiger partial charge in [-0.2, -0.15) is 0 Å². The molecule has 0 fully saturated rings. The summed E-state index contributed by atoms with van der Waals surface area (Å²) in [6.07, 6.45) is 0. The fourth-order valence-corrected chi connectivity index (χ4v) is 0. The summed E-state index contributed by atoms with van der Waals surface area (Å²) in [5.74, 6) is 0. The molecule has 0 aliphatic carbocycles. The van der Waals surface area contributed by atoms with Crippen LogP contribution in [0.25, 0.3) is 0 Å². The van der Waals surface area contributed by atoms with Gasteiger partial charge in [-0.25, -0.2) is 5.26 Å². The van der Waals surface area contributed by atoms with E-state index < -0.39 is 5.09 Å². The fourth-order valence-electron chi connectivity index (χ4n) is 0. The van der Waals surface area contributed by atoms with E-state index in [9.17, 15) is 0 Å². The zero-order valence-electron chi connectivity index (χ0n) is 2.92. The molecule has 0 saturated carbocycles. The maximum absolute atomic E-state index is 8.70. The minimum atomic E-state index is -1.32. The van der Waals surface area contributed by atoms with Crippen LogP contribution in [0.2, 0.25) is 0 Å². The molecule has 49 valence electrons. The van der Waals surface area contributed by atoms with E-state index in [4.69, 9.17) is 15.4 Å². The van der Waals surface area contributed by atoms with Crippen LogP contribution in [-0.4, -0.2) is 15.8 Å². The van der Waals surface area contributed by atoms with Gasteiger partial charge in [0.25, 0.3) is 0 Å². The van der Waals surface area contributed by atoms with Gasteiger partial charge in [-0.15, -0.1) is 15.1 Å². The van der Waals surface area contributed by atoms with Crippen molar-refractivity contribution in [2.24, 2.45) is 0 Å². The van der Waals surface area contributed by atoms with Crippen molar-refractivity contribution in [1.82, 2.24) is 0 Å². The van der Waals surface area contributed by atoms with Crippen molar-refractivity contribution in [2.75, 3.05) is 0 Å². The Kier molecular flexibility index (Phi) is 20.9. The topological polar surface area (TPSA) is 104 Å². The molecule has 6 nitrogen and oxygen atoms in total. The third-order valence-electron chi connectivity index (χ3n) is 0.0667. The molecule has 7 heavy (non-hydrogen) atoms.